The summed E-state index contributed by atoms with van der Waals surface area (Å²) in [5, 5.41) is 0. The van der Waals surface area contributed by atoms with Gasteiger partial charge in [0.05, 0.1) is 13.7 Å². The number of likely N-dealkylation sites (tertiary alicyclic amines) is 1. The Morgan fingerprint density at radius 3 is 2.65 bits per heavy atom. The fourth-order valence-corrected chi connectivity index (χ4v) is 2.34. The van der Waals surface area contributed by atoms with E-state index in [2.05, 4.69) is 11.9 Å². The number of hydrogen-bond acceptors (Lipinski definition) is 5. The first-order chi connectivity index (χ1) is 9.63. The summed E-state index contributed by atoms with van der Waals surface area (Å²) < 4.78 is 11.3. The van der Waals surface area contributed by atoms with Crippen LogP contribution < -0.4 is 15.2 Å². The average molecular weight is 278 g/mol. The van der Waals surface area contributed by atoms with Crippen LogP contribution in [-0.4, -0.2) is 50.6 Å². The van der Waals surface area contributed by atoms with Gasteiger partial charge in [0.1, 0.15) is 6.10 Å². The van der Waals surface area contributed by atoms with Gasteiger partial charge in [-0.2, -0.15) is 0 Å². The summed E-state index contributed by atoms with van der Waals surface area (Å²) in [6, 6.07) is 5.20. The molecule has 0 bridgehead atoms. The van der Waals surface area contributed by atoms with Gasteiger partial charge >= 0.3 is 0 Å². The van der Waals surface area contributed by atoms with Gasteiger partial charge in [0, 0.05) is 18.7 Å². The number of hydrogen-bond donors (Lipinski definition) is 1. The van der Waals surface area contributed by atoms with Crippen molar-refractivity contribution in [2.75, 3.05) is 33.8 Å². The second kappa shape index (κ2) is 6.72. The average Bonchev–Trinajstić information content (AvgIpc) is 2.48. The van der Waals surface area contributed by atoms with E-state index in [1.165, 1.54) is 0 Å². The number of piperidine rings is 1. The van der Waals surface area contributed by atoms with Crippen LogP contribution in [0.3, 0.4) is 0 Å². The highest BCUT2D eigenvalue weighted by atomic mass is 16.5. The first-order valence-electron chi connectivity index (χ1n) is 6.90. The number of Topliss-reactive ketones (excluding diaryl/α,β-unsaturated/α-hetero) is 1. The van der Waals surface area contributed by atoms with Gasteiger partial charge < -0.3 is 20.1 Å². The van der Waals surface area contributed by atoms with E-state index >= 15 is 0 Å². The molecule has 2 N–H and O–H groups in total. The molecule has 1 aromatic carbocycles. The number of methoxy groups -OCH3 is 1. The highest BCUT2D eigenvalue weighted by Gasteiger charge is 2.20. The number of benzene rings is 1. The van der Waals surface area contributed by atoms with Crippen molar-refractivity contribution in [3.8, 4) is 11.5 Å². The zero-order valence-corrected chi connectivity index (χ0v) is 12.1. The zero-order chi connectivity index (χ0) is 14.5. The lowest BCUT2D eigenvalue weighted by molar-refractivity contribution is 0.0995. The summed E-state index contributed by atoms with van der Waals surface area (Å²) in [6.07, 6.45) is 2.13. The lowest BCUT2D eigenvalue weighted by Gasteiger charge is -2.29. The molecule has 1 aliphatic heterocycles. The third kappa shape index (κ3) is 3.49. The van der Waals surface area contributed by atoms with Gasteiger partial charge in [0.15, 0.2) is 17.3 Å². The van der Waals surface area contributed by atoms with Crippen molar-refractivity contribution < 1.29 is 14.3 Å². The summed E-state index contributed by atoms with van der Waals surface area (Å²) in [7, 11) is 3.71. The van der Waals surface area contributed by atoms with Crippen molar-refractivity contribution in [2.24, 2.45) is 5.73 Å². The van der Waals surface area contributed by atoms with Crippen LogP contribution in [-0.2, 0) is 0 Å². The molecule has 0 amide bonds. The minimum absolute atomic E-state index is 0.00000785. The van der Waals surface area contributed by atoms with Gasteiger partial charge in [-0.3, -0.25) is 4.79 Å². The quantitative estimate of drug-likeness (QED) is 0.823. The largest absolute Gasteiger partial charge is 0.493 e. The first-order valence-corrected chi connectivity index (χ1v) is 6.90. The van der Waals surface area contributed by atoms with Gasteiger partial charge in [-0.05, 0) is 38.1 Å². The Labute approximate surface area is 119 Å². The van der Waals surface area contributed by atoms with Crippen molar-refractivity contribution in [2.45, 2.75) is 18.9 Å². The maximum atomic E-state index is 11.7. The summed E-state index contributed by atoms with van der Waals surface area (Å²) >= 11 is 0. The van der Waals surface area contributed by atoms with Gasteiger partial charge in [-0.15, -0.1) is 0 Å². The van der Waals surface area contributed by atoms with Crippen LogP contribution in [0, 0.1) is 0 Å². The number of carbonyl (C=O) groups is 1. The predicted octanol–water partition coefficient (Wildman–Crippen LogP) is 1.31. The summed E-state index contributed by atoms with van der Waals surface area (Å²) in [5.74, 6) is 1.18. The van der Waals surface area contributed by atoms with Crippen LogP contribution in [0.4, 0.5) is 0 Å². The molecule has 0 atom stereocenters. The molecule has 20 heavy (non-hydrogen) atoms. The van der Waals surface area contributed by atoms with Crippen molar-refractivity contribution in [3.05, 3.63) is 23.8 Å². The van der Waals surface area contributed by atoms with Crippen LogP contribution in [0.5, 0.6) is 11.5 Å². The van der Waals surface area contributed by atoms with E-state index in [0.29, 0.717) is 17.1 Å². The predicted molar refractivity (Wildman–Crippen MR) is 77.5 cm³/mol. The monoisotopic (exact) mass is 278 g/mol. The van der Waals surface area contributed by atoms with Gasteiger partial charge in [-0.25, -0.2) is 0 Å². The topological polar surface area (TPSA) is 64.8 Å². The highest BCUT2D eigenvalue weighted by molar-refractivity contribution is 5.98. The van der Waals surface area contributed by atoms with Gasteiger partial charge in [0.2, 0.25) is 0 Å². The lowest BCUT2D eigenvalue weighted by atomic mass is 10.1. The van der Waals surface area contributed by atoms with Crippen LogP contribution in [0.25, 0.3) is 0 Å². The van der Waals surface area contributed by atoms with Crippen LogP contribution in [0.2, 0.25) is 0 Å². The standard InChI is InChI=1S/C15H22N2O3/c1-17-7-5-12(6-8-17)20-15-9-11(13(18)10-16)3-4-14(15)19-2/h3-4,9,12H,5-8,10,16H2,1-2H3. The number of ether oxygens (including phenoxy) is 2. The molecule has 1 fully saturated rings. The van der Waals surface area contributed by atoms with Crippen LogP contribution >= 0.6 is 0 Å². The van der Waals surface area contributed by atoms with Crippen molar-refractivity contribution in [1.29, 1.82) is 0 Å². The Bertz CT molecular complexity index is 468. The first kappa shape index (κ1) is 14.8. The molecule has 5 heteroatoms. The van der Waals surface area contributed by atoms with Gasteiger partial charge in [0.25, 0.3) is 0 Å². The fraction of sp³-hybridized carbons (Fsp3) is 0.533. The number of ketones is 1. The number of rotatable bonds is 5. The van der Waals surface area contributed by atoms with E-state index < -0.39 is 0 Å². The van der Waals surface area contributed by atoms with Gasteiger partial charge in [-0.1, -0.05) is 0 Å². The smallest absolute Gasteiger partial charge is 0.176 e. The molecular weight excluding hydrogens is 256 g/mol. The molecule has 1 heterocycles. The van der Waals surface area contributed by atoms with E-state index in [1.807, 2.05) is 0 Å². The van der Waals surface area contributed by atoms with E-state index in [4.69, 9.17) is 15.2 Å². The van der Waals surface area contributed by atoms with Crippen molar-refractivity contribution in [1.82, 2.24) is 4.90 Å². The Morgan fingerprint density at radius 2 is 2.05 bits per heavy atom. The number of carbonyl (C=O) groups excluding carboxylic acids is 1. The SMILES string of the molecule is COc1ccc(C(=O)CN)cc1OC1CCN(C)CC1. The third-order valence-electron chi connectivity index (χ3n) is 3.63. The van der Waals surface area contributed by atoms with Crippen LogP contribution in [0.15, 0.2) is 18.2 Å². The molecular formula is C15H22N2O3. The second-order valence-electron chi connectivity index (χ2n) is 5.11. The Hall–Kier alpha value is -1.59. The zero-order valence-electron chi connectivity index (χ0n) is 12.1. The Balaban J connectivity index is 2.14. The maximum absolute atomic E-state index is 11.7. The fourth-order valence-electron chi connectivity index (χ4n) is 2.34. The van der Waals surface area contributed by atoms with Crippen molar-refractivity contribution >= 4 is 5.78 Å². The molecule has 0 saturated carbocycles. The second-order valence-corrected chi connectivity index (χ2v) is 5.11. The summed E-state index contributed by atoms with van der Waals surface area (Å²) in [5.41, 5.74) is 5.96. The van der Waals surface area contributed by atoms with E-state index in [9.17, 15) is 4.79 Å². The molecule has 110 valence electrons. The highest BCUT2D eigenvalue weighted by Crippen LogP contribution is 2.30. The minimum atomic E-state index is -0.0964. The Morgan fingerprint density at radius 1 is 1.35 bits per heavy atom. The molecule has 5 nitrogen and oxygen atoms in total. The summed E-state index contributed by atoms with van der Waals surface area (Å²) in [6.45, 7) is 2.04. The van der Waals surface area contributed by atoms with Crippen LogP contribution in [0.1, 0.15) is 23.2 Å². The molecule has 1 aromatic rings. The molecule has 0 aliphatic carbocycles. The lowest BCUT2D eigenvalue weighted by Crippen LogP contribution is -2.35. The molecule has 0 radical (unpaired) electrons. The normalized spacial score (nSPS) is 16.9. The minimum Gasteiger partial charge on any atom is -0.493 e. The molecule has 2 rings (SSSR count). The Kier molecular flexibility index (Phi) is 4.98. The van der Waals surface area contributed by atoms with E-state index in [0.717, 1.165) is 25.9 Å². The van der Waals surface area contributed by atoms with E-state index in [-0.39, 0.29) is 18.4 Å². The van der Waals surface area contributed by atoms with Crippen molar-refractivity contribution in [3.63, 3.8) is 0 Å². The molecule has 1 saturated heterocycles. The number of nitrogens with zero attached hydrogens (tertiary/aromatic N) is 1. The maximum Gasteiger partial charge on any atom is 0.176 e. The molecule has 0 unspecified atom stereocenters. The molecule has 0 spiro atoms. The number of nitrogens with two attached hydrogens (primary N) is 1. The summed E-state index contributed by atoms with van der Waals surface area (Å²) in [4.78, 5) is 14.0. The molecule has 1 aliphatic rings. The van der Waals surface area contributed by atoms with E-state index in [1.54, 1.807) is 25.3 Å². The third-order valence-corrected chi connectivity index (χ3v) is 3.63. The molecule has 0 aromatic heterocycles.